The average molecular weight is 270 g/mol. The number of hydrogen-bond donors (Lipinski definition) is 1. The smallest absolute Gasteiger partial charge is 0.115 e. The van der Waals surface area contributed by atoms with E-state index in [2.05, 4.69) is 19.9 Å². The zero-order valence-electron chi connectivity index (χ0n) is 12.7. The summed E-state index contributed by atoms with van der Waals surface area (Å²) >= 11 is 0. The largest absolute Gasteiger partial charge is 0.508 e. The Morgan fingerprint density at radius 2 is 2.00 bits per heavy atom. The molecule has 1 aromatic carbocycles. The molecule has 1 heteroatoms. The van der Waals surface area contributed by atoms with E-state index >= 15 is 0 Å². The normalized spacial score (nSPS) is 42.7. The SMILES string of the molecule is C[C@H]1CC[C@H]2[C@@H]3CCc4cc(O)ccc4[C@H]3CC[C@]12C. The molecular weight excluding hydrogens is 244 g/mol. The van der Waals surface area contributed by atoms with E-state index in [1.54, 1.807) is 5.56 Å². The molecule has 0 saturated heterocycles. The molecule has 3 aliphatic rings. The molecule has 1 nitrogen and oxygen atoms in total. The highest BCUT2D eigenvalue weighted by atomic mass is 16.3. The van der Waals surface area contributed by atoms with E-state index < -0.39 is 0 Å². The number of phenols is 1. The quantitative estimate of drug-likeness (QED) is 0.712. The van der Waals surface area contributed by atoms with Crippen LogP contribution in [0, 0.1) is 23.2 Å². The van der Waals surface area contributed by atoms with Crippen molar-refractivity contribution in [1.82, 2.24) is 0 Å². The van der Waals surface area contributed by atoms with Crippen LogP contribution in [0.4, 0.5) is 0 Å². The molecular formula is C19H26O. The van der Waals surface area contributed by atoms with Gasteiger partial charge in [0.2, 0.25) is 0 Å². The number of fused-ring (bicyclic) bond motifs is 5. The van der Waals surface area contributed by atoms with Gasteiger partial charge in [-0.1, -0.05) is 19.9 Å². The fourth-order valence-electron chi connectivity index (χ4n) is 5.83. The minimum atomic E-state index is 0.442. The summed E-state index contributed by atoms with van der Waals surface area (Å²) < 4.78 is 0. The number of aryl methyl sites for hydroxylation is 1. The van der Waals surface area contributed by atoms with Crippen molar-refractivity contribution in [3.8, 4) is 5.75 Å². The predicted molar refractivity (Wildman–Crippen MR) is 81.9 cm³/mol. The first-order valence-electron chi connectivity index (χ1n) is 8.41. The third kappa shape index (κ3) is 1.61. The molecule has 0 bridgehead atoms. The van der Waals surface area contributed by atoms with Crippen LogP contribution >= 0.6 is 0 Å². The zero-order valence-corrected chi connectivity index (χ0v) is 12.7. The van der Waals surface area contributed by atoms with Crippen LogP contribution < -0.4 is 0 Å². The first-order valence-corrected chi connectivity index (χ1v) is 8.41. The van der Waals surface area contributed by atoms with Crippen molar-refractivity contribution in [2.24, 2.45) is 23.2 Å². The molecule has 1 aromatic rings. The van der Waals surface area contributed by atoms with Crippen LogP contribution in [0.1, 0.15) is 63.0 Å². The lowest BCUT2D eigenvalue weighted by Crippen LogP contribution is -2.41. The number of phenolic OH excluding ortho intramolecular Hbond substituents is 1. The number of hydrogen-bond acceptors (Lipinski definition) is 1. The number of benzene rings is 1. The Morgan fingerprint density at radius 3 is 2.85 bits per heavy atom. The number of aromatic hydroxyl groups is 1. The van der Waals surface area contributed by atoms with Crippen LogP contribution in [0.5, 0.6) is 5.75 Å². The minimum absolute atomic E-state index is 0.442. The third-order valence-corrected chi connectivity index (χ3v) is 7.18. The Hall–Kier alpha value is -0.980. The molecule has 0 amide bonds. The van der Waals surface area contributed by atoms with Crippen molar-refractivity contribution in [3.05, 3.63) is 29.3 Å². The molecule has 0 spiro atoms. The van der Waals surface area contributed by atoms with Gasteiger partial charge in [0.1, 0.15) is 5.75 Å². The molecule has 2 fully saturated rings. The summed E-state index contributed by atoms with van der Waals surface area (Å²) in [6.45, 7) is 5.05. The molecule has 108 valence electrons. The second-order valence-corrected chi connectivity index (χ2v) is 7.82. The van der Waals surface area contributed by atoms with Crippen molar-refractivity contribution >= 4 is 0 Å². The van der Waals surface area contributed by atoms with Crippen molar-refractivity contribution < 1.29 is 5.11 Å². The van der Waals surface area contributed by atoms with Crippen LogP contribution in [0.25, 0.3) is 0 Å². The molecule has 2 saturated carbocycles. The summed E-state index contributed by atoms with van der Waals surface area (Å²) in [7, 11) is 0. The first-order chi connectivity index (χ1) is 9.59. The van der Waals surface area contributed by atoms with E-state index in [1.807, 2.05) is 12.1 Å². The first kappa shape index (κ1) is 12.7. The minimum Gasteiger partial charge on any atom is -0.508 e. The van der Waals surface area contributed by atoms with Gasteiger partial charge in [0.05, 0.1) is 0 Å². The lowest BCUT2D eigenvalue weighted by Gasteiger charge is -2.50. The summed E-state index contributed by atoms with van der Waals surface area (Å²) in [5, 5.41) is 9.71. The van der Waals surface area contributed by atoms with Gasteiger partial charge in [0, 0.05) is 0 Å². The van der Waals surface area contributed by atoms with E-state index in [4.69, 9.17) is 0 Å². The molecule has 0 unspecified atom stereocenters. The summed E-state index contributed by atoms with van der Waals surface area (Å²) in [5.41, 5.74) is 3.58. The fraction of sp³-hybridized carbons (Fsp3) is 0.684. The molecule has 0 aliphatic heterocycles. The molecule has 0 heterocycles. The van der Waals surface area contributed by atoms with E-state index in [1.165, 1.54) is 44.1 Å². The van der Waals surface area contributed by atoms with Gasteiger partial charge >= 0.3 is 0 Å². The zero-order chi connectivity index (χ0) is 13.9. The van der Waals surface area contributed by atoms with Gasteiger partial charge < -0.3 is 5.11 Å². The standard InChI is InChI=1S/C19H26O/c1-12-3-8-18-17-6-4-13-11-14(20)5-7-15(13)16(17)9-10-19(12,18)2/h5,7,11-12,16-18,20H,3-4,6,8-10H2,1-2H3/t12-,16+,17+,18-,19+/m0/s1. The van der Waals surface area contributed by atoms with Crippen molar-refractivity contribution in [2.45, 2.75) is 58.3 Å². The van der Waals surface area contributed by atoms with E-state index in [0.717, 1.165) is 23.7 Å². The summed E-state index contributed by atoms with van der Waals surface area (Å²) in [4.78, 5) is 0. The monoisotopic (exact) mass is 270 g/mol. The topological polar surface area (TPSA) is 20.2 Å². The molecule has 5 atom stereocenters. The number of rotatable bonds is 0. The maximum atomic E-state index is 9.71. The van der Waals surface area contributed by atoms with Gasteiger partial charge in [-0.15, -0.1) is 0 Å². The van der Waals surface area contributed by atoms with Crippen molar-refractivity contribution in [1.29, 1.82) is 0 Å². The highest BCUT2D eigenvalue weighted by Gasteiger charge is 2.53. The Morgan fingerprint density at radius 1 is 1.15 bits per heavy atom. The maximum absolute atomic E-state index is 9.71. The van der Waals surface area contributed by atoms with Gasteiger partial charge in [-0.3, -0.25) is 0 Å². The fourth-order valence-corrected chi connectivity index (χ4v) is 5.83. The summed E-state index contributed by atoms with van der Waals surface area (Å²) in [6, 6.07) is 6.12. The molecule has 1 N–H and O–H groups in total. The van der Waals surface area contributed by atoms with Crippen LogP contribution in [-0.2, 0) is 6.42 Å². The van der Waals surface area contributed by atoms with E-state index in [0.29, 0.717) is 11.2 Å². The predicted octanol–water partition coefficient (Wildman–Crippen LogP) is 4.88. The van der Waals surface area contributed by atoms with Crippen LogP contribution in [0.15, 0.2) is 18.2 Å². The van der Waals surface area contributed by atoms with Crippen LogP contribution in [-0.4, -0.2) is 5.11 Å². The highest BCUT2D eigenvalue weighted by molar-refractivity contribution is 5.40. The van der Waals surface area contributed by atoms with Crippen molar-refractivity contribution in [2.75, 3.05) is 0 Å². The molecule has 4 rings (SSSR count). The van der Waals surface area contributed by atoms with Gasteiger partial charge in [-0.05, 0) is 90.9 Å². The molecule has 0 aromatic heterocycles. The Bertz CT molecular complexity index is 535. The Labute approximate surface area is 122 Å². The lowest BCUT2D eigenvalue weighted by atomic mass is 9.54. The van der Waals surface area contributed by atoms with Crippen molar-refractivity contribution in [3.63, 3.8) is 0 Å². The van der Waals surface area contributed by atoms with Gasteiger partial charge in [-0.2, -0.15) is 0 Å². The Balaban J connectivity index is 1.71. The van der Waals surface area contributed by atoms with Crippen LogP contribution in [0.2, 0.25) is 0 Å². The average Bonchev–Trinajstić information content (AvgIpc) is 2.74. The molecule has 0 radical (unpaired) electrons. The second-order valence-electron chi connectivity index (χ2n) is 7.82. The van der Waals surface area contributed by atoms with Gasteiger partial charge in [0.15, 0.2) is 0 Å². The van der Waals surface area contributed by atoms with Gasteiger partial charge in [-0.25, -0.2) is 0 Å². The highest BCUT2D eigenvalue weighted by Crippen LogP contribution is 2.62. The third-order valence-electron chi connectivity index (χ3n) is 7.18. The molecule has 20 heavy (non-hydrogen) atoms. The lowest BCUT2D eigenvalue weighted by molar-refractivity contribution is 0.0336. The van der Waals surface area contributed by atoms with E-state index in [9.17, 15) is 5.11 Å². The Kier molecular flexibility index (Phi) is 2.71. The maximum Gasteiger partial charge on any atom is 0.115 e. The van der Waals surface area contributed by atoms with Gasteiger partial charge in [0.25, 0.3) is 0 Å². The summed E-state index contributed by atoms with van der Waals surface area (Å²) in [6.07, 6.45) is 8.17. The summed E-state index contributed by atoms with van der Waals surface area (Å²) in [5.74, 6) is 3.96. The second kappa shape index (κ2) is 4.26. The molecule has 3 aliphatic carbocycles. The van der Waals surface area contributed by atoms with E-state index in [-0.39, 0.29) is 0 Å². The van der Waals surface area contributed by atoms with Crippen LogP contribution in [0.3, 0.4) is 0 Å².